The van der Waals surface area contributed by atoms with E-state index in [1.54, 1.807) is 13.0 Å². The Morgan fingerprint density at radius 3 is 2.48 bits per heavy atom. The van der Waals surface area contributed by atoms with Crippen molar-refractivity contribution in [2.75, 3.05) is 18.6 Å². The molecule has 0 saturated carbocycles. The van der Waals surface area contributed by atoms with Crippen LogP contribution in [0.3, 0.4) is 0 Å². The predicted octanol–water partition coefficient (Wildman–Crippen LogP) is 2.76. The van der Waals surface area contributed by atoms with Crippen molar-refractivity contribution in [3.63, 3.8) is 0 Å². The molecule has 1 rings (SSSR count). The summed E-state index contributed by atoms with van der Waals surface area (Å²) in [5.74, 6) is -0.145. The maximum Gasteiger partial charge on any atom is 0.413 e. The van der Waals surface area contributed by atoms with Crippen LogP contribution in [-0.4, -0.2) is 31.2 Å². The van der Waals surface area contributed by atoms with E-state index in [9.17, 15) is 9.59 Å². The van der Waals surface area contributed by atoms with Gasteiger partial charge in [-0.05, 0) is 19.9 Å². The molecule has 0 N–H and O–H groups in total. The summed E-state index contributed by atoms with van der Waals surface area (Å²) in [6.45, 7) is 5.49. The second-order valence-corrected chi connectivity index (χ2v) is 4.35. The normalized spacial score (nSPS) is 11.0. The summed E-state index contributed by atoms with van der Waals surface area (Å²) in [7, 11) is 1.34. The predicted molar refractivity (Wildman–Crippen MR) is 80.4 cm³/mol. The maximum atomic E-state index is 11.8. The van der Waals surface area contributed by atoms with Gasteiger partial charge in [-0.25, -0.2) is 4.79 Å². The lowest BCUT2D eigenvalue weighted by molar-refractivity contribution is -0.111. The third-order valence-electron chi connectivity index (χ3n) is 2.92. The molecule has 21 heavy (non-hydrogen) atoms. The minimum Gasteiger partial charge on any atom is -0.452 e. The molecule has 0 aliphatic heterocycles. The van der Waals surface area contributed by atoms with Crippen molar-refractivity contribution >= 4 is 23.3 Å². The average molecular weight is 292 g/mol. The van der Waals surface area contributed by atoms with Gasteiger partial charge in [0.2, 0.25) is 0 Å². The zero-order chi connectivity index (χ0) is 15.8. The van der Waals surface area contributed by atoms with Crippen molar-refractivity contribution in [2.24, 2.45) is 5.16 Å². The number of nitrogens with zero attached hydrogens (tertiary/aromatic N) is 2. The van der Waals surface area contributed by atoms with Gasteiger partial charge in [-0.3, -0.25) is 9.69 Å². The van der Waals surface area contributed by atoms with Gasteiger partial charge in [-0.1, -0.05) is 23.4 Å². The number of oxime groups is 1. The van der Waals surface area contributed by atoms with E-state index < -0.39 is 6.09 Å². The fourth-order valence-corrected chi connectivity index (χ4v) is 1.67. The van der Waals surface area contributed by atoms with E-state index in [2.05, 4.69) is 5.16 Å². The van der Waals surface area contributed by atoms with E-state index >= 15 is 0 Å². The first kappa shape index (κ1) is 16.7. The van der Waals surface area contributed by atoms with Gasteiger partial charge < -0.3 is 9.57 Å². The Bertz CT molecular complexity index is 540. The first-order valence-electron chi connectivity index (χ1n) is 6.62. The second-order valence-electron chi connectivity index (χ2n) is 4.35. The third-order valence-corrected chi connectivity index (χ3v) is 2.92. The van der Waals surface area contributed by atoms with Gasteiger partial charge in [-0.15, -0.1) is 0 Å². The number of benzene rings is 1. The minimum atomic E-state index is -0.437. The van der Waals surface area contributed by atoms with Crippen LogP contribution in [0.5, 0.6) is 0 Å². The number of rotatable bonds is 6. The van der Waals surface area contributed by atoms with E-state index in [1.165, 1.54) is 18.9 Å². The number of carbonyl (C=O) groups is 2. The lowest BCUT2D eigenvalue weighted by Crippen LogP contribution is -2.31. The highest BCUT2D eigenvalue weighted by Crippen LogP contribution is 2.22. The van der Waals surface area contributed by atoms with Crippen LogP contribution in [-0.2, 0) is 21.0 Å². The number of methoxy groups -OCH3 is 1. The lowest BCUT2D eigenvalue weighted by atomic mass is 10.1. The van der Waals surface area contributed by atoms with Crippen molar-refractivity contribution < 1.29 is 19.2 Å². The molecule has 0 fully saturated rings. The molecule has 6 heteroatoms. The summed E-state index contributed by atoms with van der Waals surface area (Å²) >= 11 is 0. The molecule has 0 aliphatic rings. The van der Waals surface area contributed by atoms with Crippen molar-refractivity contribution in [3.05, 3.63) is 29.8 Å². The second kappa shape index (κ2) is 8.04. The van der Waals surface area contributed by atoms with E-state index in [1.807, 2.05) is 25.1 Å². The molecule has 0 radical (unpaired) electrons. The van der Waals surface area contributed by atoms with Gasteiger partial charge >= 0.3 is 6.09 Å². The zero-order valence-corrected chi connectivity index (χ0v) is 12.8. The number of para-hydroxylation sites is 1. The molecule has 0 spiro atoms. The van der Waals surface area contributed by atoms with Crippen LogP contribution in [0.4, 0.5) is 10.5 Å². The molecule has 0 unspecified atom stereocenters. The Labute approximate surface area is 124 Å². The van der Waals surface area contributed by atoms with Crippen molar-refractivity contribution in [3.8, 4) is 0 Å². The van der Waals surface area contributed by atoms with Crippen LogP contribution < -0.4 is 4.90 Å². The number of ketones is 1. The molecular formula is C15H20N2O4. The fraction of sp³-hybridized carbons (Fsp3) is 0.400. The first-order valence-corrected chi connectivity index (χ1v) is 6.62. The van der Waals surface area contributed by atoms with Crippen molar-refractivity contribution in [2.45, 2.75) is 27.4 Å². The number of hydrogen-bond donors (Lipinski definition) is 0. The highest BCUT2D eigenvalue weighted by molar-refractivity contribution is 6.37. The Hall–Kier alpha value is -2.37. The van der Waals surface area contributed by atoms with Crippen LogP contribution in [0.25, 0.3) is 0 Å². The van der Waals surface area contributed by atoms with Gasteiger partial charge in [0.1, 0.15) is 12.3 Å². The van der Waals surface area contributed by atoms with E-state index in [4.69, 9.17) is 9.57 Å². The van der Waals surface area contributed by atoms with Gasteiger partial charge in [0.15, 0.2) is 5.78 Å². The number of Topliss-reactive ketones (excluding diaryl/α,β-unsaturated/α-hetero) is 1. The van der Waals surface area contributed by atoms with E-state index in [-0.39, 0.29) is 12.4 Å². The summed E-state index contributed by atoms with van der Waals surface area (Å²) in [5.41, 5.74) is 1.78. The van der Waals surface area contributed by atoms with Gasteiger partial charge in [0, 0.05) is 19.0 Å². The Balaban J connectivity index is 2.91. The zero-order valence-electron chi connectivity index (χ0n) is 12.8. The average Bonchev–Trinajstić information content (AvgIpc) is 2.48. The van der Waals surface area contributed by atoms with Crippen LogP contribution >= 0.6 is 0 Å². The number of amides is 1. The fourth-order valence-electron chi connectivity index (χ4n) is 1.67. The van der Waals surface area contributed by atoms with Gasteiger partial charge in [0.05, 0.1) is 12.8 Å². The maximum absolute atomic E-state index is 11.8. The Kier molecular flexibility index (Phi) is 6.39. The van der Waals surface area contributed by atoms with Crippen molar-refractivity contribution in [1.29, 1.82) is 0 Å². The minimum absolute atomic E-state index is 0.145. The molecule has 0 aliphatic carbocycles. The third kappa shape index (κ3) is 4.59. The SMILES string of the molecule is CCN(C(=O)OC)c1ccccc1CON=C(C)C(C)=O. The quantitative estimate of drug-likeness (QED) is 0.597. The summed E-state index contributed by atoms with van der Waals surface area (Å²) in [6.07, 6.45) is -0.437. The van der Waals surface area contributed by atoms with Gasteiger partial charge in [-0.2, -0.15) is 0 Å². The first-order chi connectivity index (χ1) is 10.0. The molecule has 0 aromatic heterocycles. The molecular weight excluding hydrogens is 272 g/mol. The molecule has 0 heterocycles. The molecule has 0 saturated heterocycles. The largest absolute Gasteiger partial charge is 0.452 e. The van der Waals surface area contributed by atoms with E-state index in [0.717, 1.165) is 5.56 Å². The van der Waals surface area contributed by atoms with Crippen molar-refractivity contribution in [1.82, 2.24) is 0 Å². The molecule has 1 amide bonds. The lowest BCUT2D eigenvalue weighted by Gasteiger charge is -2.21. The molecule has 6 nitrogen and oxygen atoms in total. The van der Waals surface area contributed by atoms with Crippen LogP contribution in [0.1, 0.15) is 26.3 Å². The summed E-state index contributed by atoms with van der Waals surface area (Å²) < 4.78 is 4.76. The summed E-state index contributed by atoms with van der Waals surface area (Å²) in [6, 6.07) is 7.31. The number of anilines is 1. The Morgan fingerprint density at radius 2 is 1.90 bits per heavy atom. The van der Waals surface area contributed by atoms with Crippen LogP contribution in [0.15, 0.2) is 29.4 Å². The Morgan fingerprint density at radius 1 is 1.24 bits per heavy atom. The highest BCUT2D eigenvalue weighted by atomic mass is 16.6. The number of ether oxygens (including phenoxy) is 1. The topological polar surface area (TPSA) is 68.2 Å². The standard InChI is InChI=1S/C15H20N2O4/c1-5-17(15(19)20-4)14-9-7-6-8-13(14)10-21-16-11(2)12(3)18/h6-9H,5,10H2,1-4H3. The smallest absolute Gasteiger partial charge is 0.413 e. The van der Waals surface area contributed by atoms with E-state index in [0.29, 0.717) is 17.9 Å². The summed E-state index contributed by atoms with van der Waals surface area (Å²) in [5, 5.41) is 3.74. The molecule has 0 atom stereocenters. The molecule has 114 valence electrons. The van der Waals surface area contributed by atoms with Crippen LogP contribution in [0, 0.1) is 0 Å². The molecule has 1 aromatic carbocycles. The van der Waals surface area contributed by atoms with Crippen LogP contribution in [0.2, 0.25) is 0 Å². The molecule has 0 bridgehead atoms. The molecule has 1 aromatic rings. The summed E-state index contributed by atoms with van der Waals surface area (Å²) in [4.78, 5) is 29.5. The monoisotopic (exact) mass is 292 g/mol. The highest BCUT2D eigenvalue weighted by Gasteiger charge is 2.17. The van der Waals surface area contributed by atoms with Gasteiger partial charge in [0.25, 0.3) is 0 Å². The number of carbonyl (C=O) groups excluding carboxylic acids is 2. The number of hydrogen-bond acceptors (Lipinski definition) is 5.